The van der Waals surface area contributed by atoms with Crippen LogP contribution >= 0.6 is 0 Å². The largest absolute Gasteiger partial charge is 0.460 e. The van der Waals surface area contributed by atoms with E-state index in [1.807, 2.05) is 0 Å². The number of rotatable bonds is 28. The summed E-state index contributed by atoms with van der Waals surface area (Å²) in [5.41, 5.74) is 0. The Bertz CT molecular complexity index is 3350. The Hall–Kier alpha value is -3.89. The standard InChI is InChI=1S/C78H122O44/c79-23-45-54(90)60(96)66(102)74(116-45)112-41-21-34(83)20-40-35(41)22-44(71(110-40)32-7-9-33(82)10-8-32)115-78-72(122-77-70(106)64(100)58(94)49(120-77)27-108-53(89)16-6-31-2-12-37(85)43(19-31)114-76-68(104)62(98)56(92)47(25-81)118-76)65(101)59(95)50(121-78)28-109-51(87)14-4-29-3-13-39(38(86)17-29)111-73-69(105)63(99)57(93)48(119-73)26-107-52(88)15-5-30-1-11-36(84)42(18-30)113-75-67(103)61(97)55(91)46(24-80)117-75/h4-6,14-16,29-50,54-86,90-106H,1-3,7-13,17-28H2/t29?,30?,31?,32?,33?,34?,35?,36?,37?,38?,39?,40?,41?,42?,43?,44?,45-,46-,47-,48-,49-,50-,54-,55-,56-,57-,58-,59-,60+,61+,62+,63+,64+,65+,66-,67-,68-,69-,70-,71?,72-,73-,74-,75-,76-,77+,78-/m1/s1. The minimum absolute atomic E-state index is 0.0430. The lowest BCUT2D eigenvalue weighted by molar-refractivity contribution is -0.380. The van der Waals surface area contributed by atoms with Crippen molar-refractivity contribution in [2.45, 2.75) is 360 Å². The Morgan fingerprint density at radius 1 is 0.279 bits per heavy atom. The van der Waals surface area contributed by atoms with Gasteiger partial charge in [0.2, 0.25) is 0 Å². The van der Waals surface area contributed by atoms with Gasteiger partial charge in [0.05, 0.1) is 93.1 Å². The number of ether oxygens (including phenoxy) is 16. The molecule has 12 fully saturated rings. The topological polar surface area (TPSA) is 705 Å². The average molecular weight is 1760 g/mol. The maximum Gasteiger partial charge on any atom is 0.330 e. The van der Waals surface area contributed by atoms with E-state index in [4.69, 9.17) is 75.8 Å². The van der Waals surface area contributed by atoms with E-state index >= 15 is 0 Å². The molecule has 45 atom stereocenters. The lowest BCUT2D eigenvalue weighted by Gasteiger charge is -2.52. The fraction of sp³-hybridized carbons (Fsp3) is 0.885. The van der Waals surface area contributed by atoms with Crippen LogP contribution in [0, 0.1) is 29.6 Å². The molecule has 122 heavy (non-hydrogen) atoms. The monoisotopic (exact) mass is 1760 g/mol. The van der Waals surface area contributed by atoms with Crippen LogP contribution in [0.3, 0.4) is 0 Å². The van der Waals surface area contributed by atoms with E-state index in [1.165, 1.54) is 18.2 Å². The van der Waals surface area contributed by atoms with Gasteiger partial charge in [-0.1, -0.05) is 18.2 Å². The molecular formula is C78H122O44. The van der Waals surface area contributed by atoms with Crippen molar-refractivity contribution in [3.05, 3.63) is 36.5 Å². The zero-order chi connectivity index (χ0) is 88.0. The third-order valence-electron chi connectivity index (χ3n) is 25.8. The van der Waals surface area contributed by atoms with Gasteiger partial charge >= 0.3 is 17.9 Å². The first-order valence-electron chi connectivity index (χ1n) is 42.0. The van der Waals surface area contributed by atoms with Crippen molar-refractivity contribution in [3.63, 3.8) is 0 Å². The Morgan fingerprint density at radius 3 is 1.03 bits per heavy atom. The van der Waals surface area contributed by atoms with Gasteiger partial charge in [0.15, 0.2) is 37.7 Å². The number of allylic oxidation sites excluding steroid dienone is 3. The molecule has 7 heterocycles. The van der Waals surface area contributed by atoms with Crippen molar-refractivity contribution >= 4 is 17.9 Å². The highest BCUT2D eigenvalue weighted by Gasteiger charge is 2.58. The molecule has 0 aromatic carbocycles. The Balaban J connectivity index is 0.684. The molecule has 698 valence electrons. The van der Waals surface area contributed by atoms with Crippen molar-refractivity contribution in [3.8, 4) is 0 Å². The predicted octanol–water partition coefficient (Wildman–Crippen LogP) is -11.0. The third kappa shape index (κ3) is 23.3. The fourth-order valence-electron chi connectivity index (χ4n) is 18.4. The zero-order valence-corrected chi connectivity index (χ0v) is 66.6. The number of carbonyl (C=O) groups excluding carboxylic acids is 3. The Kier molecular flexibility index (Phi) is 34.8. The molecule has 44 heteroatoms. The van der Waals surface area contributed by atoms with Crippen LogP contribution in [0.15, 0.2) is 36.5 Å². The Morgan fingerprint density at radius 2 is 0.623 bits per heavy atom. The second kappa shape index (κ2) is 43.7. The summed E-state index contributed by atoms with van der Waals surface area (Å²) in [6, 6.07) is 0. The van der Waals surface area contributed by atoms with Crippen LogP contribution in [0.1, 0.15) is 103 Å². The molecule has 12 rings (SSSR count). The van der Waals surface area contributed by atoms with Crippen LogP contribution in [0.4, 0.5) is 0 Å². The first-order chi connectivity index (χ1) is 58.1. The normalized spacial score (nSPS) is 49.4. The number of aliphatic hydroxyl groups is 25. The van der Waals surface area contributed by atoms with Gasteiger partial charge in [-0.15, -0.1) is 0 Å². The Labute approximate surface area is 699 Å². The van der Waals surface area contributed by atoms with Crippen molar-refractivity contribution in [1.82, 2.24) is 0 Å². The summed E-state index contributed by atoms with van der Waals surface area (Å²) >= 11 is 0. The van der Waals surface area contributed by atoms with E-state index in [1.54, 1.807) is 0 Å². The molecule has 7 saturated heterocycles. The summed E-state index contributed by atoms with van der Waals surface area (Å²) in [7, 11) is 0. The van der Waals surface area contributed by atoms with E-state index in [0.717, 1.165) is 18.2 Å². The quantitative estimate of drug-likeness (QED) is 0.0196. The van der Waals surface area contributed by atoms with Crippen molar-refractivity contribution in [1.29, 1.82) is 0 Å². The number of carbonyl (C=O) groups is 3. The SMILES string of the molecule is O=C(C=CC1CCC(O)C(O[C@@H]2O[C@H](CO)[C@@H](O)[C@H](O)[C@H]2O)C1)OC[C@H]1O[C@@H](OC2CCC(C=CC(=O)OC[C@H]3O[C@@H](OC4CC5C(CC(O)CC5O[C@@H]5O[C@H](CO)[C@@H](O)[C@H](O)[C@H]5O)OC4C4CCC(O)CC4)[C@H](O[C@@H]4O[C@H](COC(=O)C=CC5CCC(O)C(O[C@@H]6O[C@H](CO)[C@@H](O)[C@H](O)[C@H]6O)C5)[C@@H](O)[C@H](O)[C@H]4O)[C@@H](O)[C@@H]3O)CC2O)[C@H](O)[C@@H](O)[C@@H]1O. The molecule has 0 bridgehead atoms. The molecule has 5 aliphatic carbocycles. The van der Waals surface area contributed by atoms with E-state index in [0.29, 0.717) is 38.5 Å². The van der Waals surface area contributed by atoms with Gasteiger partial charge < -0.3 is 203 Å². The van der Waals surface area contributed by atoms with E-state index < -0.39 is 339 Å². The maximum atomic E-state index is 13.7. The van der Waals surface area contributed by atoms with Crippen LogP contribution in [0.25, 0.3) is 0 Å². The molecule has 0 aromatic heterocycles. The van der Waals surface area contributed by atoms with Crippen molar-refractivity contribution < 1.29 is 218 Å². The van der Waals surface area contributed by atoms with E-state index in [-0.39, 0.29) is 70.1 Å². The van der Waals surface area contributed by atoms with Crippen LogP contribution in [0.5, 0.6) is 0 Å². The van der Waals surface area contributed by atoms with Crippen molar-refractivity contribution in [2.24, 2.45) is 29.6 Å². The maximum absolute atomic E-state index is 13.7. The summed E-state index contributed by atoms with van der Waals surface area (Å²) in [5.74, 6) is -5.53. The zero-order valence-electron chi connectivity index (χ0n) is 66.6. The van der Waals surface area contributed by atoms with Crippen LogP contribution < -0.4 is 0 Å². The summed E-state index contributed by atoms with van der Waals surface area (Å²) in [5, 5.41) is 270. The molecular weight excluding hydrogens is 1640 g/mol. The molecule has 0 aromatic rings. The van der Waals surface area contributed by atoms with Crippen molar-refractivity contribution in [2.75, 3.05) is 39.6 Å². The fourth-order valence-corrected chi connectivity index (χ4v) is 18.4. The van der Waals surface area contributed by atoms with Gasteiger partial charge in [0, 0.05) is 30.6 Å². The van der Waals surface area contributed by atoms with Gasteiger partial charge in [0.25, 0.3) is 0 Å². The van der Waals surface area contributed by atoms with Crippen LogP contribution in [-0.2, 0) is 90.2 Å². The highest BCUT2D eigenvalue weighted by molar-refractivity contribution is 5.82. The van der Waals surface area contributed by atoms with E-state index in [2.05, 4.69) is 0 Å². The van der Waals surface area contributed by atoms with Crippen LogP contribution in [-0.4, -0.2) is 443 Å². The smallest absolute Gasteiger partial charge is 0.330 e. The number of aliphatic hydroxyl groups excluding tert-OH is 25. The molecule has 7 aliphatic heterocycles. The molecule has 0 radical (unpaired) electrons. The molecule has 5 saturated carbocycles. The molecule has 0 spiro atoms. The summed E-state index contributed by atoms with van der Waals surface area (Å²) in [4.78, 5) is 40.1. The molecule has 44 nitrogen and oxygen atoms in total. The van der Waals surface area contributed by atoms with Gasteiger partial charge in [-0.05, 0) is 120 Å². The molecule has 0 amide bonds. The number of hydrogen-bond acceptors (Lipinski definition) is 44. The highest BCUT2D eigenvalue weighted by Crippen LogP contribution is 2.47. The van der Waals surface area contributed by atoms with Gasteiger partial charge in [-0.3, -0.25) is 0 Å². The number of esters is 3. The second-order valence-electron chi connectivity index (χ2n) is 34.2. The first-order valence-corrected chi connectivity index (χ1v) is 42.0. The minimum Gasteiger partial charge on any atom is -0.460 e. The highest BCUT2D eigenvalue weighted by atomic mass is 16.8. The van der Waals surface area contributed by atoms with Gasteiger partial charge in [-0.25, -0.2) is 14.4 Å². The lowest BCUT2D eigenvalue weighted by Crippen LogP contribution is -2.66. The van der Waals surface area contributed by atoms with Gasteiger partial charge in [-0.2, -0.15) is 0 Å². The molecule has 12 aliphatic rings. The predicted molar refractivity (Wildman–Crippen MR) is 395 cm³/mol. The molecule has 15 unspecified atom stereocenters. The first kappa shape index (κ1) is 97.2. The number of fused-ring (bicyclic) bond motifs is 1. The summed E-state index contributed by atoms with van der Waals surface area (Å²) in [6.45, 7) is -4.52. The average Bonchev–Trinajstić information content (AvgIpc) is 0.733. The van der Waals surface area contributed by atoms with Crippen LogP contribution in [0.2, 0.25) is 0 Å². The summed E-state index contributed by atoms with van der Waals surface area (Å²) < 4.78 is 95.0. The number of hydrogen-bond donors (Lipinski definition) is 25. The van der Waals surface area contributed by atoms with Gasteiger partial charge in [0.1, 0.15) is 166 Å². The molecule has 25 N–H and O–H groups in total. The lowest BCUT2D eigenvalue weighted by atomic mass is 9.73. The summed E-state index contributed by atoms with van der Waals surface area (Å²) in [6.07, 6.45) is -55.1. The second-order valence-corrected chi connectivity index (χ2v) is 34.2. The third-order valence-corrected chi connectivity index (χ3v) is 25.8. The minimum atomic E-state index is -2.17. The van der Waals surface area contributed by atoms with E-state index in [9.17, 15) is 142 Å².